The van der Waals surface area contributed by atoms with Crippen molar-refractivity contribution >= 4 is 22.6 Å². The minimum atomic E-state index is -0.987. The van der Waals surface area contributed by atoms with Gasteiger partial charge in [-0.25, -0.2) is 4.79 Å². The van der Waals surface area contributed by atoms with Crippen molar-refractivity contribution in [2.24, 2.45) is 0 Å². The monoisotopic (exact) mass is 456 g/mol. The van der Waals surface area contributed by atoms with Gasteiger partial charge in [-0.05, 0) is 72.4 Å². The molecule has 0 saturated carbocycles. The van der Waals surface area contributed by atoms with Crippen LogP contribution in [0.25, 0.3) is 27.7 Å². The Bertz CT molecular complexity index is 1330. The highest BCUT2D eigenvalue weighted by Gasteiger charge is 2.23. The molecule has 3 aromatic carbocycles. The molecule has 1 aromatic heterocycles. The van der Waals surface area contributed by atoms with Crippen molar-refractivity contribution in [2.45, 2.75) is 46.1 Å². The molecule has 0 spiro atoms. The molecular weight excluding hydrogens is 424 g/mol. The summed E-state index contributed by atoms with van der Waals surface area (Å²) in [4.78, 5) is 12.4. The molecule has 0 aliphatic heterocycles. The molecular formula is C29H32N2O3. The van der Waals surface area contributed by atoms with Gasteiger partial charge in [0, 0.05) is 18.1 Å². The molecule has 5 nitrogen and oxygen atoms in total. The Hall–Kier alpha value is -3.73. The molecule has 4 aromatic rings. The number of ether oxygens (including phenoxy) is 1. The number of carboxylic acids is 1. The maximum absolute atomic E-state index is 12.4. The molecule has 2 N–H and O–H groups in total. The predicted octanol–water partition coefficient (Wildman–Crippen LogP) is 7.12. The van der Waals surface area contributed by atoms with Gasteiger partial charge in [0.25, 0.3) is 0 Å². The Labute approximate surface area is 201 Å². The quantitative estimate of drug-likeness (QED) is 0.324. The molecule has 0 fully saturated rings. The van der Waals surface area contributed by atoms with Crippen LogP contribution in [0.2, 0.25) is 0 Å². The number of carboxylic acid groups (broad SMARTS) is 1. The molecule has 0 atom stereocenters. The predicted molar refractivity (Wildman–Crippen MR) is 140 cm³/mol. The van der Waals surface area contributed by atoms with Crippen molar-refractivity contribution < 1.29 is 14.6 Å². The molecule has 34 heavy (non-hydrogen) atoms. The van der Waals surface area contributed by atoms with Gasteiger partial charge in [0.15, 0.2) is 5.69 Å². The molecule has 0 unspecified atom stereocenters. The summed E-state index contributed by atoms with van der Waals surface area (Å²) >= 11 is 0. The Balaban J connectivity index is 1.86. The van der Waals surface area contributed by atoms with Crippen molar-refractivity contribution in [3.63, 3.8) is 0 Å². The first-order chi connectivity index (χ1) is 16.1. The molecule has 0 amide bonds. The smallest absolute Gasteiger partial charge is 0.355 e. The number of benzene rings is 3. The third kappa shape index (κ3) is 4.38. The average Bonchev–Trinajstić information content (AvgIpc) is 3.12. The first-order valence-corrected chi connectivity index (χ1v) is 11.6. The van der Waals surface area contributed by atoms with E-state index in [2.05, 4.69) is 56.4 Å². The van der Waals surface area contributed by atoms with Gasteiger partial charge >= 0.3 is 5.97 Å². The Kier molecular flexibility index (Phi) is 6.13. The molecule has 4 rings (SSSR count). The maximum atomic E-state index is 12.4. The fourth-order valence-corrected chi connectivity index (χ4v) is 4.30. The number of nitrogens with zero attached hydrogens (tertiary/aromatic N) is 1. The molecule has 0 bridgehead atoms. The highest BCUT2D eigenvalue weighted by molar-refractivity contribution is 6.08. The number of nitrogens with one attached hydrogen (secondary N) is 1. The van der Waals surface area contributed by atoms with E-state index in [0.717, 1.165) is 33.5 Å². The lowest BCUT2D eigenvalue weighted by Gasteiger charge is -2.19. The van der Waals surface area contributed by atoms with Gasteiger partial charge in [-0.3, -0.25) is 0 Å². The number of anilines is 1. The molecule has 0 aliphatic rings. The largest absolute Gasteiger partial charge is 0.491 e. The second kappa shape index (κ2) is 8.90. The lowest BCUT2D eigenvalue weighted by molar-refractivity contribution is 0.0689. The van der Waals surface area contributed by atoms with Crippen LogP contribution in [0.15, 0.2) is 66.7 Å². The zero-order valence-corrected chi connectivity index (χ0v) is 20.6. The van der Waals surface area contributed by atoms with Gasteiger partial charge < -0.3 is 19.7 Å². The van der Waals surface area contributed by atoms with E-state index in [-0.39, 0.29) is 17.2 Å². The van der Waals surface area contributed by atoms with Gasteiger partial charge in [-0.1, -0.05) is 51.1 Å². The van der Waals surface area contributed by atoms with Crippen molar-refractivity contribution in [3.8, 4) is 22.6 Å². The maximum Gasteiger partial charge on any atom is 0.355 e. The summed E-state index contributed by atoms with van der Waals surface area (Å²) in [7, 11) is 1.76. The van der Waals surface area contributed by atoms with Crippen molar-refractivity contribution in [3.05, 3.63) is 78.0 Å². The summed E-state index contributed by atoms with van der Waals surface area (Å²) in [5, 5.41) is 14.1. The summed E-state index contributed by atoms with van der Waals surface area (Å²) in [5.74, 6) is -0.235. The third-order valence-electron chi connectivity index (χ3n) is 5.97. The molecule has 0 saturated heterocycles. The van der Waals surface area contributed by atoms with E-state index in [1.165, 1.54) is 5.56 Å². The Morgan fingerprint density at radius 2 is 1.56 bits per heavy atom. The second-order valence-corrected chi connectivity index (χ2v) is 9.83. The van der Waals surface area contributed by atoms with Crippen LogP contribution in [0, 0.1) is 0 Å². The highest BCUT2D eigenvalue weighted by Crippen LogP contribution is 2.37. The van der Waals surface area contributed by atoms with Crippen LogP contribution in [0.3, 0.4) is 0 Å². The van der Waals surface area contributed by atoms with Gasteiger partial charge in [0.05, 0.1) is 17.3 Å². The van der Waals surface area contributed by atoms with Crippen molar-refractivity contribution in [1.82, 2.24) is 4.57 Å². The zero-order chi connectivity index (χ0) is 24.6. The van der Waals surface area contributed by atoms with Gasteiger partial charge in [0.2, 0.25) is 0 Å². The fourth-order valence-electron chi connectivity index (χ4n) is 4.30. The van der Waals surface area contributed by atoms with Crippen molar-refractivity contribution in [1.29, 1.82) is 0 Å². The van der Waals surface area contributed by atoms with Crippen LogP contribution in [0.5, 0.6) is 5.75 Å². The van der Waals surface area contributed by atoms with E-state index in [4.69, 9.17) is 4.74 Å². The number of fused-ring (bicyclic) bond motifs is 1. The number of hydrogen-bond acceptors (Lipinski definition) is 3. The summed E-state index contributed by atoms with van der Waals surface area (Å²) in [6, 6.07) is 22.2. The van der Waals surface area contributed by atoms with Crippen LogP contribution in [-0.2, 0) is 5.41 Å². The standard InChI is InChI=1S/C29H32N2O3/c1-18(2)34-23-14-12-22(13-15-23)31-25-16-9-20(17-24(25)26(30-6)27(31)28(32)33)19-7-10-21(11-8-19)29(3,4)5/h7-18,30H,1-6H3,(H,32,33). The average molecular weight is 457 g/mol. The minimum Gasteiger partial charge on any atom is -0.491 e. The van der Waals surface area contributed by atoms with Crippen LogP contribution >= 0.6 is 0 Å². The number of rotatable bonds is 6. The molecule has 5 heteroatoms. The Morgan fingerprint density at radius 3 is 2.09 bits per heavy atom. The lowest BCUT2D eigenvalue weighted by Crippen LogP contribution is -2.10. The van der Waals surface area contributed by atoms with Crippen LogP contribution in [0.4, 0.5) is 5.69 Å². The van der Waals surface area contributed by atoms with Crippen molar-refractivity contribution in [2.75, 3.05) is 12.4 Å². The number of carbonyl (C=O) groups is 1. The van der Waals surface area contributed by atoms with E-state index < -0.39 is 5.97 Å². The zero-order valence-electron chi connectivity index (χ0n) is 20.6. The number of aromatic nitrogens is 1. The summed E-state index contributed by atoms with van der Waals surface area (Å²) < 4.78 is 7.54. The minimum absolute atomic E-state index is 0.0691. The lowest BCUT2D eigenvalue weighted by atomic mass is 9.86. The molecule has 0 aliphatic carbocycles. The summed E-state index contributed by atoms with van der Waals surface area (Å²) in [5.41, 5.74) is 5.89. The molecule has 0 radical (unpaired) electrons. The van der Waals surface area contributed by atoms with Gasteiger partial charge in [-0.2, -0.15) is 0 Å². The van der Waals surface area contributed by atoms with E-state index in [1.54, 1.807) is 11.6 Å². The first kappa shape index (κ1) is 23.4. The summed E-state index contributed by atoms with van der Waals surface area (Å²) in [6.45, 7) is 10.5. The van der Waals surface area contributed by atoms with E-state index in [0.29, 0.717) is 5.69 Å². The molecule has 1 heterocycles. The van der Waals surface area contributed by atoms with Gasteiger partial charge in [0.1, 0.15) is 5.75 Å². The SMILES string of the molecule is CNc1c(C(=O)O)n(-c2ccc(OC(C)C)cc2)c2ccc(-c3ccc(C(C)(C)C)cc3)cc12. The first-order valence-electron chi connectivity index (χ1n) is 11.6. The molecule has 176 valence electrons. The van der Waals surface area contributed by atoms with Gasteiger partial charge in [-0.15, -0.1) is 0 Å². The second-order valence-electron chi connectivity index (χ2n) is 9.83. The van der Waals surface area contributed by atoms with E-state index >= 15 is 0 Å². The fraction of sp³-hybridized carbons (Fsp3) is 0.276. The van der Waals surface area contributed by atoms with E-state index in [1.807, 2.05) is 50.2 Å². The van der Waals surface area contributed by atoms with Crippen LogP contribution in [0.1, 0.15) is 50.7 Å². The van der Waals surface area contributed by atoms with Crippen LogP contribution < -0.4 is 10.1 Å². The van der Waals surface area contributed by atoms with E-state index in [9.17, 15) is 9.90 Å². The van der Waals surface area contributed by atoms with Crippen LogP contribution in [-0.4, -0.2) is 28.8 Å². The highest BCUT2D eigenvalue weighted by atomic mass is 16.5. The summed E-state index contributed by atoms with van der Waals surface area (Å²) in [6.07, 6.45) is 0.0691. The third-order valence-corrected chi connectivity index (χ3v) is 5.97. The number of hydrogen-bond donors (Lipinski definition) is 2. The topological polar surface area (TPSA) is 63.5 Å². The Morgan fingerprint density at radius 1 is 0.941 bits per heavy atom. The number of aromatic carboxylic acids is 1. The normalized spacial score (nSPS) is 11.7.